The molecule has 2 N–H and O–H groups in total. The molecule has 0 amide bonds. The highest BCUT2D eigenvalue weighted by atomic mass is 79.9. The molecular formula is C16H13BrN2OS. The smallest absolute Gasteiger partial charge is 0.258 e. The average molecular weight is 361 g/mol. The minimum Gasteiger partial charge on any atom is -0.381 e. The molecule has 0 radical (unpaired) electrons. The second kappa shape index (κ2) is 6.28. The lowest BCUT2D eigenvalue weighted by molar-refractivity contribution is 1.15. The Morgan fingerprint density at radius 2 is 1.90 bits per heavy atom. The van der Waals surface area contributed by atoms with Crippen molar-refractivity contribution in [3.05, 3.63) is 75.0 Å². The monoisotopic (exact) mass is 360 g/mol. The third kappa shape index (κ3) is 3.62. The number of hydrogen-bond donors (Lipinski definition) is 2. The van der Waals surface area contributed by atoms with Crippen LogP contribution in [0.15, 0.2) is 63.9 Å². The number of hydrogen-bond acceptors (Lipinski definition) is 3. The summed E-state index contributed by atoms with van der Waals surface area (Å²) in [5, 5.41) is 3.39. The summed E-state index contributed by atoms with van der Waals surface area (Å²) < 4.78 is 3.78. The van der Waals surface area contributed by atoms with Crippen LogP contribution in [0.3, 0.4) is 0 Å². The molecule has 0 saturated heterocycles. The topological polar surface area (TPSA) is 44.9 Å². The lowest BCUT2D eigenvalue weighted by atomic mass is 10.1. The summed E-state index contributed by atoms with van der Waals surface area (Å²) in [7, 11) is 0. The highest BCUT2D eigenvalue weighted by molar-refractivity contribution is 9.10. The van der Waals surface area contributed by atoms with Crippen LogP contribution in [-0.2, 0) is 6.54 Å². The van der Waals surface area contributed by atoms with Crippen LogP contribution in [0.2, 0.25) is 0 Å². The third-order valence-electron chi connectivity index (χ3n) is 3.08. The lowest BCUT2D eigenvalue weighted by Crippen LogP contribution is -1.98. The molecule has 0 spiro atoms. The Bertz CT molecular complexity index is 792. The maximum Gasteiger partial charge on any atom is 0.258 e. The van der Waals surface area contributed by atoms with Crippen LogP contribution in [0.4, 0.5) is 5.69 Å². The number of nitrogens with one attached hydrogen (secondary N) is 2. The molecule has 2 aromatic carbocycles. The van der Waals surface area contributed by atoms with E-state index < -0.39 is 0 Å². The zero-order valence-electron chi connectivity index (χ0n) is 11.1. The highest BCUT2D eigenvalue weighted by Crippen LogP contribution is 2.23. The third-order valence-corrected chi connectivity index (χ3v) is 4.45. The van der Waals surface area contributed by atoms with E-state index >= 15 is 0 Å². The molecule has 0 aliphatic carbocycles. The van der Waals surface area contributed by atoms with Crippen molar-refractivity contribution in [1.82, 2.24) is 4.37 Å². The molecule has 3 rings (SSSR count). The minimum atomic E-state index is -0.0492. The quantitative estimate of drug-likeness (QED) is 0.720. The first-order valence-corrected chi connectivity index (χ1v) is 8.09. The minimum absolute atomic E-state index is 0.0492. The molecule has 0 aliphatic heterocycles. The first-order valence-electron chi connectivity index (χ1n) is 6.48. The van der Waals surface area contributed by atoms with Gasteiger partial charge in [-0.15, -0.1) is 0 Å². The second-order valence-corrected chi connectivity index (χ2v) is 6.40. The fourth-order valence-corrected chi connectivity index (χ4v) is 3.16. The van der Waals surface area contributed by atoms with Crippen LogP contribution in [0.5, 0.6) is 0 Å². The molecule has 3 aromatic rings. The zero-order valence-corrected chi connectivity index (χ0v) is 13.5. The SMILES string of the molecule is O=c1cc(-c2ccc(NCc3cccc(Br)c3)cc2)s[nH]1. The first-order chi connectivity index (χ1) is 10.2. The average Bonchev–Trinajstić information content (AvgIpc) is 2.92. The van der Waals surface area contributed by atoms with Crippen molar-refractivity contribution in [3.8, 4) is 10.4 Å². The lowest BCUT2D eigenvalue weighted by Gasteiger charge is -2.07. The van der Waals surface area contributed by atoms with E-state index in [0.29, 0.717) is 0 Å². The molecule has 0 saturated carbocycles. The molecule has 1 aromatic heterocycles. The molecule has 1 heterocycles. The Hall–Kier alpha value is -1.85. The van der Waals surface area contributed by atoms with Gasteiger partial charge in [0.1, 0.15) is 0 Å². The van der Waals surface area contributed by atoms with Gasteiger partial charge in [0.15, 0.2) is 0 Å². The van der Waals surface area contributed by atoms with E-state index in [2.05, 4.69) is 37.8 Å². The van der Waals surface area contributed by atoms with Gasteiger partial charge in [-0.1, -0.05) is 51.7 Å². The largest absolute Gasteiger partial charge is 0.381 e. The number of rotatable bonds is 4. The predicted molar refractivity (Wildman–Crippen MR) is 91.8 cm³/mol. The summed E-state index contributed by atoms with van der Waals surface area (Å²) in [6.45, 7) is 0.774. The van der Waals surface area contributed by atoms with Crippen LogP contribution in [-0.4, -0.2) is 4.37 Å². The van der Waals surface area contributed by atoms with Gasteiger partial charge in [-0.2, -0.15) is 0 Å². The fraction of sp³-hybridized carbons (Fsp3) is 0.0625. The number of anilines is 1. The molecule has 0 fully saturated rings. The van der Waals surface area contributed by atoms with Crippen molar-refractivity contribution in [3.63, 3.8) is 0 Å². The molecule has 0 bridgehead atoms. The highest BCUT2D eigenvalue weighted by Gasteiger charge is 2.01. The Balaban J connectivity index is 1.68. The molecule has 0 aliphatic rings. The van der Waals surface area contributed by atoms with Gasteiger partial charge in [0.25, 0.3) is 5.56 Å². The second-order valence-electron chi connectivity index (χ2n) is 4.64. The van der Waals surface area contributed by atoms with E-state index in [9.17, 15) is 4.79 Å². The van der Waals surface area contributed by atoms with Gasteiger partial charge in [0, 0.05) is 22.8 Å². The normalized spacial score (nSPS) is 10.5. The molecule has 21 heavy (non-hydrogen) atoms. The van der Waals surface area contributed by atoms with E-state index in [4.69, 9.17) is 0 Å². The van der Waals surface area contributed by atoms with Crippen LogP contribution in [0.25, 0.3) is 10.4 Å². The van der Waals surface area contributed by atoms with E-state index in [0.717, 1.165) is 27.1 Å². The first kappa shape index (κ1) is 14.1. The number of H-pyrrole nitrogens is 1. The summed E-state index contributed by atoms with van der Waals surface area (Å²) in [5.74, 6) is 0. The Morgan fingerprint density at radius 1 is 1.10 bits per heavy atom. The fourth-order valence-electron chi connectivity index (χ4n) is 2.03. The van der Waals surface area contributed by atoms with Crippen LogP contribution >= 0.6 is 27.5 Å². The maximum absolute atomic E-state index is 11.2. The molecular weight excluding hydrogens is 348 g/mol. The van der Waals surface area contributed by atoms with Gasteiger partial charge in [-0.05, 0) is 35.4 Å². The molecule has 106 valence electrons. The van der Waals surface area contributed by atoms with Crippen molar-refractivity contribution in [2.24, 2.45) is 0 Å². The Morgan fingerprint density at radius 3 is 2.57 bits per heavy atom. The van der Waals surface area contributed by atoms with E-state index in [1.54, 1.807) is 6.07 Å². The van der Waals surface area contributed by atoms with E-state index in [1.165, 1.54) is 17.1 Å². The van der Waals surface area contributed by atoms with Gasteiger partial charge < -0.3 is 5.32 Å². The predicted octanol–water partition coefficient (Wildman–Crippen LogP) is 4.48. The summed E-state index contributed by atoms with van der Waals surface area (Å²) in [6, 6.07) is 17.9. The summed E-state index contributed by atoms with van der Waals surface area (Å²) in [5.41, 5.74) is 3.28. The van der Waals surface area contributed by atoms with Crippen LogP contribution in [0.1, 0.15) is 5.56 Å². The molecule has 0 atom stereocenters. The number of aromatic nitrogens is 1. The van der Waals surface area contributed by atoms with Crippen LogP contribution < -0.4 is 10.9 Å². The molecule has 0 unspecified atom stereocenters. The van der Waals surface area contributed by atoms with Crippen molar-refractivity contribution in [2.45, 2.75) is 6.54 Å². The van der Waals surface area contributed by atoms with Gasteiger partial charge in [0.2, 0.25) is 0 Å². The standard InChI is InChI=1S/C16H13BrN2OS/c17-13-3-1-2-11(8-13)10-18-14-6-4-12(5-7-14)15-9-16(20)19-21-15/h1-9,18H,10H2,(H,19,20). The Kier molecular flexibility index (Phi) is 4.22. The maximum atomic E-state index is 11.2. The zero-order chi connectivity index (χ0) is 14.7. The molecule has 5 heteroatoms. The summed E-state index contributed by atoms with van der Waals surface area (Å²) in [4.78, 5) is 12.1. The van der Waals surface area contributed by atoms with Crippen molar-refractivity contribution < 1.29 is 0 Å². The van der Waals surface area contributed by atoms with Gasteiger partial charge in [-0.3, -0.25) is 9.17 Å². The van der Waals surface area contributed by atoms with Crippen molar-refractivity contribution >= 4 is 33.1 Å². The molecule has 3 nitrogen and oxygen atoms in total. The number of halogens is 1. The van der Waals surface area contributed by atoms with Gasteiger partial charge in [0.05, 0.1) is 4.88 Å². The van der Waals surface area contributed by atoms with Crippen molar-refractivity contribution in [1.29, 1.82) is 0 Å². The van der Waals surface area contributed by atoms with E-state index in [1.807, 2.05) is 36.4 Å². The van der Waals surface area contributed by atoms with Crippen molar-refractivity contribution in [2.75, 3.05) is 5.32 Å². The van der Waals surface area contributed by atoms with Gasteiger partial charge in [-0.25, -0.2) is 0 Å². The summed E-state index contributed by atoms with van der Waals surface area (Å²) in [6.07, 6.45) is 0. The van der Waals surface area contributed by atoms with Crippen LogP contribution in [0, 0.1) is 0 Å². The Labute approximate surface area is 134 Å². The number of benzene rings is 2. The van der Waals surface area contributed by atoms with E-state index in [-0.39, 0.29) is 5.56 Å². The summed E-state index contributed by atoms with van der Waals surface area (Å²) >= 11 is 4.83. The number of aromatic amines is 1. The van der Waals surface area contributed by atoms with Gasteiger partial charge >= 0.3 is 0 Å².